The number of unbranched alkanes of at least 4 members (excludes halogenated alkanes) is 2. The van der Waals surface area contributed by atoms with Crippen molar-refractivity contribution in [1.29, 1.82) is 0 Å². The van der Waals surface area contributed by atoms with Gasteiger partial charge in [0.15, 0.2) is 11.2 Å². The summed E-state index contributed by atoms with van der Waals surface area (Å²) in [5, 5.41) is 13.4. The zero-order chi connectivity index (χ0) is 22.7. The number of aromatic amines is 1. The van der Waals surface area contributed by atoms with E-state index in [0.29, 0.717) is 43.2 Å². The Hall–Kier alpha value is -3.40. The molecule has 4 rings (SSSR count). The van der Waals surface area contributed by atoms with Gasteiger partial charge in [-0.3, -0.25) is 13.9 Å². The molecule has 0 amide bonds. The minimum absolute atomic E-state index is 0.0836. The minimum atomic E-state index is -0.426. The predicted octanol–water partition coefficient (Wildman–Crippen LogP) is 3.12. The third-order valence-electron chi connectivity index (χ3n) is 5.18. The van der Waals surface area contributed by atoms with Gasteiger partial charge >= 0.3 is 5.69 Å². The van der Waals surface area contributed by atoms with Crippen molar-refractivity contribution >= 4 is 22.8 Å². The van der Waals surface area contributed by atoms with Gasteiger partial charge in [-0.25, -0.2) is 4.79 Å². The van der Waals surface area contributed by atoms with Gasteiger partial charge in [0.25, 0.3) is 5.56 Å². The molecule has 0 unspecified atom stereocenters. The Morgan fingerprint density at radius 3 is 2.56 bits per heavy atom. The van der Waals surface area contributed by atoms with Crippen LogP contribution in [0.25, 0.3) is 22.6 Å². The van der Waals surface area contributed by atoms with Crippen LogP contribution in [0.5, 0.6) is 5.75 Å². The molecule has 2 N–H and O–H groups in total. The molecule has 0 aliphatic heterocycles. The van der Waals surface area contributed by atoms with Gasteiger partial charge < -0.3 is 14.6 Å². The largest absolute Gasteiger partial charge is 0.508 e. The summed E-state index contributed by atoms with van der Waals surface area (Å²) in [5.74, 6) is 1.07. The second kappa shape index (κ2) is 9.39. The molecule has 3 heterocycles. The first-order valence-corrected chi connectivity index (χ1v) is 10.9. The molecule has 0 aliphatic carbocycles. The molecule has 0 fully saturated rings. The maximum absolute atomic E-state index is 12.9. The van der Waals surface area contributed by atoms with Gasteiger partial charge in [-0.05, 0) is 55.1 Å². The first-order chi connectivity index (χ1) is 15.5. The van der Waals surface area contributed by atoms with Crippen molar-refractivity contribution in [3.05, 3.63) is 56.3 Å². The summed E-state index contributed by atoms with van der Waals surface area (Å²) in [6.45, 7) is 2.75. The molecular weight excluding hydrogens is 436 g/mol. The normalized spacial score (nSPS) is 11.4. The lowest BCUT2D eigenvalue weighted by Gasteiger charge is -2.10. The summed E-state index contributed by atoms with van der Waals surface area (Å²) in [6.07, 6.45) is 3.44. The number of nitrogens with one attached hydrogen (secondary N) is 1. The number of hydrogen-bond acceptors (Lipinski definition) is 7. The van der Waals surface area contributed by atoms with Crippen LogP contribution >= 0.6 is 11.6 Å². The van der Waals surface area contributed by atoms with Crippen LogP contribution in [0.3, 0.4) is 0 Å². The van der Waals surface area contributed by atoms with E-state index < -0.39 is 5.56 Å². The van der Waals surface area contributed by atoms with Crippen LogP contribution < -0.4 is 11.2 Å². The molecule has 168 valence electrons. The second-order valence-corrected chi connectivity index (χ2v) is 7.84. The maximum atomic E-state index is 12.9. The van der Waals surface area contributed by atoms with Crippen LogP contribution in [0.1, 0.15) is 38.5 Å². The monoisotopic (exact) mass is 458 g/mol. The molecule has 0 atom stereocenters. The Morgan fingerprint density at radius 1 is 1.06 bits per heavy atom. The Balaban J connectivity index is 1.45. The van der Waals surface area contributed by atoms with Crippen LogP contribution in [-0.2, 0) is 19.5 Å². The van der Waals surface area contributed by atoms with E-state index in [0.717, 1.165) is 18.4 Å². The Bertz CT molecular complexity index is 1340. The van der Waals surface area contributed by atoms with E-state index in [2.05, 4.69) is 20.1 Å². The molecule has 0 saturated heterocycles. The minimum Gasteiger partial charge on any atom is -0.508 e. The fourth-order valence-corrected chi connectivity index (χ4v) is 3.66. The molecule has 10 nitrogen and oxygen atoms in total. The van der Waals surface area contributed by atoms with Gasteiger partial charge in [0.2, 0.25) is 17.0 Å². The van der Waals surface area contributed by atoms with E-state index in [-0.39, 0.29) is 28.8 Å². The number of halogens is 1. The Labute approximate surface area is 187 Å². The summed E-state index contributed by atoms with van der Waals surface area (Å²) in [7, 11) is 0. The second-order valence-electron chi connectivity index (χ2n) is 7.49. The predicted molar refractivity (Wildman–Crippen MR) is 119 cm³/mol. The van der Waals surface area contributed by atoms with Crippen molar-refractivity contribution in [3.8, 4) is 17.1 Å². The number of hydrogen-bond donors (Lipinski definition) is 2. The number of phenols is 1. The topological polar surface area (TPSA) is 132 Å². The summed E-state index contributed by atoms with van der Waals surface area (Å²) in [4.78, 5) is 37.0. The van der Waals surface area contributed by atoms with Gasteiger partial charge in [0.05, 0.1) is 0 Å². The van der Waals surface area contributed by atoms with Crippen LogP contribution in [0.2, 0.25) is 5.28 Å². The fraction of sp³-hybridized carbons (Fsp3) is 0.381. The van der Waals surface area contributed by atoms with E-state index in [4.69, 9.17) is 16.1 Å². The number of aryl methyl sites for hydroxylation is 2. The highest BCUT2D eigenvalue weighted by molar-refractivity contribution is 6.28. The van der Waals surface area contributed by atoms with Crippen molar-refractivity contribution in [3.63, 3.8) is 0 Å². The third-order valence-corrected chi connectivity index (χ3v) is 5.36. The summed E-state index contributed by atoms with van der Waals surface area (Å²) >= 11 is 5.95. The van der Waals surface area contributed by atoms with Gasteiger partial charge in [0.1, 0.15) is 5.75 Å². The van der Waals surface area contributed by atoms with Crippen LogP contribution in [0.4, 0.5) is 0 Å². The van der Waals surface area contributed by atoms with E-state index in [9.17, 15) is 14.7 Å². The van der Waals surface area contributed by atoms with Gasteiger partial charge in [-0.15, -0.1) is 0 Å². The van der Waals surface area contributed by atoms with E-state index in [1.807, 2.05) is 6.92 Å². The first kappa shape index (κ1) is 21.8. The molecule has 11 heteroatoms. The zero-order valence-corrected chi connectivity index (χ0v) is 18.3. The smallest absolute Gasteiger partial charge is 0.332 e. The number of fused-ring (bicyclic) bond motifs is 1. The van der Waals surface area contributed by atoms with Gasteiger partial charge in [-0.2, -0.15) is 9.97 Å². The molecule has 0 bridgehead atoms. The molecule has 3 aromatic heterocycles. The first-order valence-electron chi connectivity index (χ1n) is 10.5. The molecule has 0 saturated carbocycles. The lowest BCUT2D eigenvalue weighted by atomic mass is 10.2. The number of aromatic nitrogens is 6. The van der Waals surface area contributed by atoms with Crippen LogP contribution in [0, 0.1) is 0 Å². The Kier molecular flexibility index (Phi) is 6.40. The lowest BCUT2D eigenvalue weighted by molar-refractivity contribution is 0.372. The number of benzene rings is 1. The number of H-pyrrole nitrogens is 1. The molecular formula is C21H23ClN6O4. The molecule has 0 spiro atoms. The average Bonchev–Trinajstić information content (AvgIpc) is 3.40. The van der Waals surface area contributed by atoms with E-state index in [1.54, 1.807) is 24.3 Å². The number of nitrogens with zero attached hydrogens (tertiary/aromatic N) is 5. The summed E-state index contributed by atoms with van der Waals surface area (Å²) in [6, 6.07) is 6.52. The molecule has 0 radical (unpaired) electrons. The highest BCUT2D eigenvalue weighted by Gasteiger charge is 2.17. The maximum Gasteiger partial charge on any atom is 0.332 e. The number of rotatable bonds is 9. The number of phenolic OH excluding ortho intramolecular Hbond substituents is 1. The van der Waals surface area contributed by atoms with E-state index >= 15 is 0 Å². The Morgan fingerprint density at radius 2 is 1.81 bits per heavy atom. The van der Waals surface area contributed by atoms with Crippen LogP contribution in [-0.4, -0.2) is 34.3 Å². The lowest BCUT2D eigenvalue weighted by Crippen LogP contribution is -2.40. The standard InChI is InChI=1S/C21H23ClN6O4/c1-2-3-11-27-18-16(24-20(22)25-18)19(30)28(21(27)31)12-5-4-6-15-23-17(26-32-15)13-7-9-14(29)10-8-13/h7-10,29H,2-6,11-12H2,1H3,(H,24,25). The highest BCUT2D eigenvalue weighted by Crippen LogP contribution is 2.19. The van der Waals surface area contributed by atoms with Crippen molar-refractivity contribution in [1.82, 2.24) is 29.2 Å². The van der Waals surface area contributed by atoms with Gasteiger partial charge in [-0.1, -0.05) is 18.5 Å². The summed E-state index contributed by atoms with van der Waals surface area (Å²) in [5.41, 5.74) is 0.461. The van der Waals surface area contributed by atoms with Crippen molar-refractivity contribution in [2.75, 3.05) is 0 Å². The van der Waals surface area contributed by atoms with Crippen molar-refractivity contribution < 1.29 is 9.63 Å². The summed E-state index contributed by atoms with van der Waals surface area (Å²) < 4.78 is 8.02. The van der Waals surface area contributed by atoms with Crippen molar-refractivity contribution in [2.45, 2.75) is 52.1 Å². The fourth-order valence-electron chi connectivity index (χ4n) is 3.48. The van der Waals surface area contributed by atoms with Crippen molar-refractivity contribution in [2.24, 2.45) is 0 Å². The van der Waals surface area contributed by atoms with Crippen LogP contribution in [0.15, 0.2) is 38.4 Å². The average molecular weight is 459 g/mol. The zero-order valence-electron chi connectivity index (χ0n) is 17.5. The van der Waals surface area contributed by atoms with E-state index in [1.165, 1.54) is 9.13 Å². The molecule has 1 aromatic carbocycles. The molecule has 32 heavy (non-hydrogen) atoms. The quantitative estimate of drug-likeness (QED) is 0.291. The third kappa shape index (κ3) is 4.45. The SMILES string of the molecule is CCCCn1c(=O)n(CCCCc2nc(-c3ccc(O)cc3)no2)c(=O)c2[nH]c(Cl)nc21. The number of imidazole rings is 1. The number of aromatic hydroxyl groups is 1. The van der Waals surface area contributed by atoms with Gasteiger partial charge in [0, 0.05) is 25.1 Å². The highest BCUT2D eigenvalue weighted by atomic mass is 35.5. The molecule has 4 aromatic rings. The molecule has 0 aliphatic rings.